The van der Waals surface area contributed by atoms with Crippen LogP contribution in [-0.2, 0) is 11.2 Å². The Morgan fingerprint density at radius 3 is 2.48 bits per heavy atom. The lowest BCUT2D eigenvalue weighted by atomic mass is 10.1. The minimum Gasteiger partial charge on any atom is -0.273 e. The highest BCUT2D eigenvalue weighted by Gasteiger charge is 2.37. The van der Waals surface area contributed by atoms with Crippen LogP contribution in [-0.4, -0.2) is 15.5 Å². The SMILES string of the molecule is O=C1C(Cc2ccccc2Cl)SC(=S)N1c1ccccc1. The van der Waals surface area contributed by atoms with Gasteiger partial charge in [-0.2, -0.15) is 0 Å². The largest absolute Gasteiger partial charge is 0.273 e. The summed E-state index contributed by atoms with van der Waals surface area (Å²) in [6, 6.07) is 17.1. The molecule has 2 nitrogen and oxygen atoms in total. The van der Waals surface area contributed by atoms with Crippen molar-refractivity contribution in [1.82, 2.24) is 0 Å². The number of benzene rings is 2. The van der Waals surface area contributed by atoms with E-state index in [2.05, 4.69) is 0 Å². The molecule has 1 heterocycles. The highest BCUT2D eigenvalue weighted by Crippen LogP contribution is 2.34. The maximum atomic E-state index is 12.6. The fraction of sp³-hybridized carbons (Fsp3) is 0.125. The molecule has 106 valence electrons. The molecule has 1 aliphatic heterocycles. The van der Waals surface area contributed by atoms with Gasteiger partial charge in [-0.15, -0.1) is 0 Å². The molecule has 1 aliphatic rings. The molecular formula is C16H12ClNOS2. The van der Waals surface area contributed by atoms with Crippen LogP contribution >= 0.6 is 35.6 Å². The van der Waals surface area contributed by atoms with Gasteiger partial charge in [0.2, 0.25) is 5.91 Å². The second-order valence-corrected chi connectivity index (χ2v) is 6.92. The van der Waals surface area contributed by atoms with Crippen LogP contribution in [0.15, 0.2) is 54.6 Å². The van der Waals surface area contributed by atoms with E-state index in [9.17, 15) is 4.79 Å². The maximum Gasteiger partial charge on any atom is 0.246 e. The molecule has 0 bridgehead atoms. The highest BCUT2D eigenvalue weighted by molar-refractivity contribution is 8.25. The number of halogens is 1. The van der Waals surface area contributed by atoms with Crippen LogP contribution in [0.25, 0.3) is 0 Å². The molecule has 5 heteroatoms. The standard InChI is InChI=1S/C16H12ClNOS2/c17-13-9-5-4-6-11(13)10-14-15(19)18(16(20)21-14)12-7-2-1-3-8-12/h1-9,14H,10H2. The molecule has 2 aromatic carbocycles. The number of carbonyl (C=O) groups is 1. The minimum absolute atomic E-state index is 0.0242. The van der Waals surface area contributed by atoms with Crippen molar-refractivity contribution < 1.29 is 4.79 Å². The zero-order chi connectivity index (χ0) is 14.8. The summed E-state index contributed by atoms with van der Waals surface area (Å²) in [7, 11) is 0. The molecule has 1 unspecified atom stereocenters. The van der Waals surface area contributed by atoms with Crippen molar-refractivity contribution in [3.05, 3.63) is 65.2 Å². The first-order valence-corrected chi connectivity index (χ1v) is 8.16. The molecule has 21 heavy (non-hydrogen) atoms. The van der Waals surface area contributed by atoms with Gasteiger partial charge in [0.15, 0.2) is 0 Å². The predicted molar refractivity (Wildman–Crippen MR) is 93.1 cm³/mol. The molecule has 1 amide bonds. The van der Waals surface area contributed by atoms with Gasteiger partial charge in [-0.25, -0.2) is 0 Å². The Morgan fingerprint density at radius 2 is 1.76 bits per heavy atom. The fourth-order valence-corrected chi connectivity index (χ4v) is 4.03. The summed E-state index contributed by atoms with van der Waals surface area (Å²) < 4.78 is 0.600. The third-order valence-corrected chi connectivity index (χ3v) is 5.18. The molecule has 3 rings (SSSR count). The number of anilines is 1. The van der Waals surface area contributed by atoms with Gasteiger partial charge >= 0.3 is 0 Å². The van der Waals surface area contributed by atoms with Gasteiger partial charge in [-0.05, 0) is 30.2 Å². The molecule has 0 saturated carbocycles. The molecular weight excluding hydrogens is 322 g/mol. The molecule has 0 N–H and O–H groups in total. The first-order valence-electron chi connectivity index (χ1n) is 6.50. The maximum absolute atomic E-state index is 12.6. The second-order valence-electron chi connectivity index (χ2n) is 4.68. The second kappa shape index (κ2) is 6.18. The average Bonchev–Trinajstić information content (AvgIpc) is 2.77. The van der Waals surface area contributed by atoms with E-state index in [1.54, 1.807) is 4.90 Å². The first kappa shape index (κ1) is 14.6. The van der Waals surface area contributed by atoms with E-state index in [0.29, 0.717) is 15.8 Å². The fourth-order valence-electron chi connectivity index (χ4n) is 2.26. The number of thiocarbonyl (C=S) groups is 1. The van der Waals surface area contributed by atoms with Crippen LogP contribution in [0.5, 0.6) is 0 Å². The lowest BCUT2D eigenvalue weighted by molar-refractivity contribution is -0.116. The Hall–Kier alpha value is -1.36. The molecule has 1 saturated heterocycles. The van der Waals surface area contributed by atoms with Gasteiger partial charge < -0.3 is 0 Å². The van der Waals surface area contributed by atoms with Crippen LogP contribution in [0.2, 0.25) is 5.02 Å². The zero-order valence-corrected chi connectivity index (χ0v) is 13.4. The minimum atomic E-state index is -0.211. The summed E-state index contributed by atoms with van der Waals surface area (Å²) in [5.74, 6) is 0.0242. The van der Waals surface area contributed by atoms with Gasteiger partial charge in [0, 0.05) is 5.02 Å². The quantitative estimate of drug-likeness (QED) is 0.780. The van der Waals surface area contributed by atoms with E-state index in [-0.39, 0.29) is 11.2 Å². The number of hydrogen-bond acceptors (Lipinski definition) is 3. The van der Waals surface area contributed by atoms with Crippen molar-refractivity contribution in [2.45, 2.75) is 11.7 Å². The number of hydrogen-bond donors (Lipinski definition) is 0. The molecule has 0 spiro atoms. The summed E-state index contributed by atoms with van der Waals surface area (Å²) in [6.07, 6.45) is 0.590. The normalized spacial score (nSPS) is 18.3. The van der Waals surface area contributed by atoms with Gasteiger partial charge in [-0.1, -0.05) is 72.0 Å². The van der Waals surface area contributed by atoms with E-state index in [0.717, 1.165) is 11.3 Å². The Labute approximate surface area is 138 Å². The van der Waals surface area contributed by atoms with Crippen LogP contribution < -0.4 is 4.90 Å². The molecule has 0 radical (unpaired) electrons. The first-order chi connectivity index (χ1) is 10.2. The molecule has 1 fully saturated rings. The number of rotatable bonds is 3. The van der Waals surface area contributed by atoms with Crippen molar-refractivity contribution in [3.63, 3.8) is 0 Å². The molecule has 2 aromatic rings. The van der Waals surface area contributed by atoms with E-state index in [1.165, 1.54) is 11.8 Å². The van der Waals surface area contributed by atoms with Crippen molar-refractivity contribution in [2.75, 3.05) is 4.90 Å². The molecule has 0 aliphatic carbocycles. The predicted octanol–water partition coefficient (Wildman–Crippen LogP) is 4.32. The van der Waals surface area contributed by atoms with Crippen molar-refractivity contribution in [1.29, 1.82) is 0 Å². The van der Waals surface area contributed by atoms with Gasteiger partial charge in [0.25, 0.3) is 0 Å². The Morgan fingerprint density at radius 1 is 1.10 bits per heavy atom. The van der Waals surface area contributed by atoms with E-state index >= 15 is 0 Å². The lowest BCUT2D eigenvalue weighted by Crippen LogP contribution is -2.31. The average molecular weight is 334 g/mol. The smallest absolute Gasteiger partial charge is 0.246 e. The Bertz CT molecular complexity index is 690. The van der Waals surface area contributed by atoms with Gasteiger partial charge in [0.1, 0.15) is 4.32 Å². The third-order valence-electron chi connectivity index (χ3n) is 3.30. The van der Waals surface area contributed by atoms with Crippen molar-refractivity contribution in [3.8, 4) is 0 Å². The summed E-state index contributed by atoms with van der Waals surface area (Å²) >= 11 is 13.0. The van der Waals surface area contributed by atoms with Crippen LogP contribution in [0, 0.1) is 0 Å². The van der Waals surface area contributed by atoms with Crippen LogP contribution in [0.3, 0.4) is 0 Å². The highest BCUT2D eigenvalue weighted by atomic mass is 35.5. The molecule has 1 atom stereocenters. The lowest BCUT2D eigenvalue weighted by Gasteiger charge is -2.15. The Kier molecular flexibility index (Phi) is 4.29. The number of amides is 1. The van der Waals surface area contributed by atoms with Gasteiger partial charge in [0.05, 0.1) is 10.9 Å². The summed E-state index contributed by atoms with van der Waals surface area (Å²) in [4.78, 5) is 14.2. The number of thioether (sulfide) groups is 1. The van der Waals surface area contributed by atoms with Crippen LogP contribution in [0.4, 0.5) is 5.69 Å². The van der Waals surface area contributed by atoms with E-state index in [1.807, 2.05) is 54.6 Å². The van der Waals surface area contributed by atoms with Crippen molar-refractivity contribution in [2.24, 2.45) is 0 Å². The topological polar surface area (TPSA) is 20.3 Å². The Balaban J connectivity index is 1.83. The van der Waals surface area contributed by atoms with E-state index < -0.39 is 0 Å². The third kappa shape index (κ3) is 2.98. The molecule has 0 aromatic heterocycles. The number of carbonyl (C=O) groups excluding carboxylic acids is 1. The summed E-state index contributed by atoms with van der Waals surface area (Å²) in [5, 5.41) is 0.479. The zero-order valence-electron chi connectivity index (χ0n) is 11.0. The number of para-hydroxylation sites is 1. The van der Waals surface area contributed by atoms with Gasteiger partial charge in [-0.3, -0.25) is 9.69 Å². The summed E-state index contributed by atoms with van der Waals surface area (Å²) in [6.45, 7) is 0. The van der Waals surface area contributed by atoms with Crippen LogP contribution in [0.1, 0.15) is 5.56 Å². The monoisotopic (exact) mass is 333 g/mol. The summed E-state index contributed by atoms with van der Waals surface area (Å²) in [5.41, 5.74) is 1.80. The van der Waals surface area contributed by atoms with Crippen molar-refractivity contribution >= 4 is 51.5 Å². The van der Waals surface area contributed by atoms with E-state index in [4.69, 9.17) is 23.8 Å². The number of nitrogens with zero attached hydrogens (tertiary/aromatic N) is 1.